The molecule has 0 radical (unpaired) electrons. The maximum Gasteiger partial charge on any atom is 0.165 e. The predicted molar refractivity (Wildman–Crippen MR) is 76.9 cm³/mol. The third-order valence-electron chi connectivity index (χ3n) is 3.73. The highest BCUT2D eigenvalue weighted by molar-refractivity contribution is 9.10. The molecule has 0 aromatic heterocycles. The van der Waals surface area contributed by atoms with Gasteiger partial charge in [-0.05, 0) is 32.4 Å². The van der Waals surface area contributed by atoms with Crippen molar-refractivity contribution in [3.63, 3.8) is 0 Å². The van der Waals surface area contributed by atoms with E-state index in [1.807, 2.05) is 0 Å². The summed E-state index contributed by atoms with van der Waals surface area (Å²) in [6.45, 7) is 6.28. The Morgan fingerprint density at radius 2 is 1.78 bits per heavy atom. The highest BCUT2D eigenvalue weighted by Gasteiger charge is 2.27. The first-order valence-corrected chi connectivity index (χ1v) is 7.02. The SMILES string of the molecule is COc1c(C)c(Br)c(C)c(C2CCNC2)c1OC. The topological polar surface area (TPSA) is 30.5 Å². The van der Waals surface area contributed by atoms with Crippen LogP contribution in [0, 0.1) is 13.8 Å². The highest BCUT2D eigenvalue weighted by Crippen LogP contribution is 2.46. The number of hydrogen-bond donors (Lipinski definition) is 1. The van der Waals surface area contributed by atoms with Crippen LogP contribution in [0.2, 0.25) is 0 Å². The first-order valence-electron chi connectivity index (χ1n) is 6.23. The van der Waals surface area contributed by atoms with E-state index in [0.29, 0.717) is 5.92 Å². The van der Waals surface area contributed by atoms with Gasteiger partial charge in [0.2, 0.25) is 0 Å². The molecule has 0 amide bonds. The van der Waals surface area contributed by atoms with E-state index in [4.69, 9.17) is 9.47 Å². The maximum atomic E-state index is 5.62. The number of ether oxygens (including phenoxy) is 2. The minimum atomic E-state index is 0.505. The van der Waals surface area contributed by atoms with Crippen LogP contribution in [-0.2, 0) is 0 Å². The Kier molecular flexibility index (Phi) is 4.17. The second kappa shape index (κ2) is 5.49. The zero-order chi connectivity index (χ0) is 13.3. The Bertz CT molecular complexity index is 454. The van der Waals surface area contributed by atoms with E-state index in [-0.39, 0.29) is 0 Å². The van der Waals surface area contributed by atoms with Crippen LogP contribution in [0.15, 0.2) is 4.47 Å². The van der Waals surface area contributed by atoms with Crippen molar-refractivity contribution in [3.8, 4) is 11.5 Å². The minimum absolute atomic E-state index is 0.505. The minimum Gasteiger partial charge on any atom is -0.493 e. The summed E-state index contributed by atoms with van der Waals surface area (Å²) in [6.07, 6.45) is 1.15. The van der Waals surface area contributed by atoms with E-state index in [2.05, 4.69) is 35.1 Å². The summed E-state index contributed by atoms with van der Waals surface area (Å²) < 4.78 is 12.3. The first-order chi connectivity index (χ1) is 8.61. The molecular formula is C14H20BrNO2. The Morgan fingerprint density at radius 3 is 2.28 bits per heavy atom. The van der Waals surface area contributed by atoms with Crippen LogP contribution in [0.3, 0.4) is 0 Å². The van der Waals surface area contributed by atoms with Gasteiger partial charge >= 0.3 is 0 Å². The van der Waals surface area contributed by atoms with Gasteiger partial charge in [-0.3, -0.25) is 0 Å². The van der Waals surface area contributed by atoms with E-state index in [0.717, 1.165) is 41.0 Å². The van der Waals surface area contributed by atoms with Crippen LogP contribution in [-0.4, -0.2) is 27.3 Å². The predicted octanol–water partition coefficient (Wildman–Crippen LogP) is 3.16. The third-order valence-corrected chi connectivity index (χ3v) is 4.92. The summed E-state index contributed by atoms with van der Waals surface area (Å²) in [4.78, 5) is 0. The molecule has 1 aromatic rings. The van der Waals surface area contributed by atoms with Crippen LogP contribution in [0.5, 0.6) is 11.5 Å². The lowest BCUT2D eigenvalue weighted by Crippen LogP contribution is -2.11. The van der Waals surface area contributed by atoms with Crippen molar-refractivity contribution in [2.45, 2.75) is 26.2 Å². The second-order valence-corrected chi connectivity index (χ2v) is 5.53. The molecule has 1 unspecified atom stereocenters. The Labute approximate surface area is 117 Å². The summed E-state index contributed by atoms with van der Waals surface area (Å²) in [7, 11) is 3.42. The standard InChI is InChI=1S/C14H20BrNO2/c1-8-11(10-5-6-16-7-10)14(18-4)13(17-3)9(2)12(8)15/h10,16H,5-7H2,1-4H3. The fourth-order valence-corrected chi connectivity index (χ4v) is 3.20. The molecule has 1 aromatic carbocycles. The molecule has 0 saturated carbocycles. The fraction of sp³-hybridized carbons (Fsp3) is 0.571. The quantitative estimate of drug-likeness (QED) is 0.930. The van der Waals surface area contributed by atoms with Crippen molar-refractivity contribution in [2.75, 3.05) is 27.3 Å². The molecule has 1 N–H and O–H groups in total. The lowest BCUT2D eigenvalue weighted by Gasteiger charge is -2.22. The number of hydrogen-bond acceptors (Lipinski definition) is 3. The summed E-state index contributed by atoms with van der Waals surface area (Å²) in [5.41, 5.74) is 3.64. The van der Waals surface area contributed by atoms with Gasteiger partial charge in [-0.25, -0.2) is 0 Å². The second-order valence-electron chi connectivity index (χ2n) is 4.73. The summed E-state index contributed by atoms with van der Waals surface area (Å²) in [5, 5.41) is 3.41. The van der Waals surface area contributed by atoms with Gasteiger partial charge in [-0.15, -0.1) is 0 Å². The Balaban J connectivity index is 2.65. The molecule has 2 rings (SSSR count). The molecule has 0 aliphatic carbocycles. The van der Waals surface area contributed by atoms with Crippen LogP contribution >= 0.6 is 15.9 Å². The lowest BCUT2D eigenvalue weighted by atomic mass is 9.91. The van der Waals surface area contributed by atoms with E-state index in [1.54, 1.807) is 14.2 Å². The average Bonchev–Trinajstić information content (AvgIpc) is 2.89. The molecule has 3 nitrogen and oxygen atoms in total. The molecule has 18 heavy (non-hydrogen) atoms. The first kappa shape index (κ1) is 13.7. The van der Waals surface area contributed by atoms with Gasteiger partial charge in [0, 0.05) is 28.1 Å². The monoisotopic (exact) mass is 313 g/mol. The van der Waals surface area contributed by atoms with Crippen LogP contribution in [0.1, 0.15) is 29.0 Å². The molecule has 1 aliphatic heterocycles. The molecule has 1 fully saturated rings. The highest BCUT2D eigenvalue weighted by atomic mass is 79.9. The van der Waals surface area contributed by atoms with Gasteiger partial charge in [0.15, 0.2) is 11.5 Å². The molecule has 1 aliphatic rings. The van der Waals surface area contributed by atoms with Crippen molar-refractivity contribution in [1.82, 2.24) is 5.32 Å². The average molecular weight is 314 g/mol. The fourth-order valence-electron chi connectivity index (χ4n) is 2.80. The maximum absolute atomic E-state index is 5.62. The molecule has 1 atom stereocenters. The molecular weight excluding hydrogens is 294 g/mol. The molecule has 100 valence electrons. The van der Waals surface area contributed by atoms with E-state index in [1.165, 1.54) is 11.1 Å². The number of methoxy groups -OCH3 is 2. The van der Waals surface area contributed by atoms with Crippen molar-refractivity contribution < 1.29 is 9.47 Å². The Hall–Kier alpha value is -0.740. The van der Waals surface area contributed by atoms with Gasteiger partial charge in [-0.1, -0.05) is 15.9 Å². The van der Waals surface area contributed by atoms with Gasteiger partial charge in [0.1, 0.15) is 0 Å². The van der Waals surface area contributed by atoms with Crippen LogP contribution < -0.4 is 14.8 Å². The number of rotatable bonds is 3. The molecule has 1 saturated heterocycles. The Morgan fingerprint density at radius 1 is 1.11 bits per heavy atom. The van der Waals surface area contributed by atoms with E-state index in [9.17, 15) is 0 Å². The number of benzene rings is 1. The number of halogens is 1. The van der Waals surface area contributed by atoms with E-state index >= 15 is 0 Å². The lowest BCUT2D eigenvalue weighted by molar-refractivity contribution is 0.347. The molecule has 0 spiro atoms. The van der Waals surface area contributed by atoms with Gasteiger partial charge in [0.25, 0.3) is 0 Å². The number of nitrogens with one attached hydrogen (secondary N) is 1. The summed E-state index contributed by atoms with van der Waals surface area (Å²) in [5.74, 6) is 2.24. The molecule has 1 heterocycles. The zero-order valence-electron chi connectivity index (χ0n) is 11.4. The van der Waals surface area contributed by atoms with Crippen molar-refractivity contribution >= 4 is 15.9 Å². The van der Waals surface area contributed by atoms with Crippen molar-refractivity contribution in [1.29, 1.82) is 0 Å². The van der Waals surface area contributed by atoms with E-state index < -0.39 is 0 Å². The summed E-state index contributed by atoms with van der Waals surface area (Å²) in [6, 6.07) is 0. The van der Waals surface area contributed by atoms with Gasteiger partial charge in [-0.2, -0.15) is 0 Å². The van der Waals surface area contributed by atoms with Crippen LogP contribution in [0.25, 0.3) is 0 Å². The smallest absolute Gasteiger partial charge is 0.165 e. The van der Waals surface area contributed by atoms with Gasteiger partial charge < -0.3 is 14.8 Å². The summed E-state index contributed by atoms with van der Waals surface area (Å²) >= 11 is 3.68. The van der Waals surface area contributed by atoms with Crippen molar-refractivity contribution in [2.24, 2.45) is 0 Å². The largest absolute Gasteiger partial charge is 0.493 e. The van der Waals surface area contributed by atoms with Crippen LogP contribution in [0.4, 0.5) is 0 Å². The normalized spacial score (nSPS) is 19.1. The zero-order valence-corrected chi connectivity index (χ0v) is 13.0. The van der Waals surface area contributed by atoms with Crippen molar-refractivity contribution in [3.05, 3.63) is 21.2 Å². The molecule has 4 heteroatoms. The third kappa shape index (κ3) is 2.12. The van der Waals surface area contributed by atoms with Gasteiger partial charge in [0.05, 0.1) is 14.2 Å². The molecule has 0 bridgehead atoms.